The fourth-order valence-electron chi connectivity index (χ4n) is 0.140. The first kappa shape index (κ1) is 7.35. The van der Waals surface area contributed by atoms with E-state index < -0.39 is 16.5 Å². The molecule has 0 aliphatic carbocycles. The molecule has 0 saturated heterocycles. The van der Waals surface area contributed by atoms with Crippen LogP contribution in [0, 0.1) is 0 Å². The molecule has 0 atom stereocenters. The standard InChI is InChI=1S/C2H3FO4S/c1-2(4)7-8(3,5)6/h1H3. The topological polar surface area (TPSA) is 60.4 Å². The summed E-state index contributed by atoms with van der Waals surface area (Å²) in [7, 11) is -5.07. The number of halogens is 1. The van der Waals surface area contributed by atoms with E-state index in [4.69, 9.17) is 0 Å². The zero-order chi connectivity index (χ0) is 6.78. The van der Waals surface area contributed by atoms with Gasteiger partial charge in [-0.05, 0) is 0 Å². The molecule has 0 radical (unpaired) electrons. The van der Waals surface area contributed by atoms with Crippen molar-refractivity contribution in [3.05, 3.63) is 0 Å². The van der Waals surface area contributed by atoms with Crippen LogP contribution in [0.5, 0.6) is 0 Å². The SMILES string of the molecule is CC(=O)OS(=O)(=O)F. The van der Waals surface area contributed by atoms with Gasteiger partial charge in [0, 0.05) is 6.92 Å². The van der Waals surface area contributed by atoms with Crippen molar-refractivity contribution in [2.24, 2.45) is 0 Å². The molecular formula is C2H3FO4S. The Balaban J connectivity index is 3.95. The first-order valence-corrected chi connectivity index (χ1v) is 2.87. The van der Waals surface area contributed by atoms with Gasteiger partial charge in [-0.25, -0.2) is 0 Å². The minimum absolute atomic E-state index is 0.789. The molecule has 0 aromatic carbocycles. The van der Waals surface area contributed by atoms with Crippen molar-refractivity contribution in [2.75, 3.05) is 0 Å². The van der Waals surface area contributed by atoms with E-state index in [1.54, 1.807) is 0 Å². The highest BCUT2D eigenvalue weighted by molar-refractivity contribution is 7.81. The Bertz CT molecular complexity index is 180. The molecule has 0 fully saturated rings. The van der Waals surface area contributed by atoms with Crippen LogP contribution in [0.4, 0.5) is 3.89 Å². The van der Waals surface area contributed by atoms with Gasteiger partial charge in [-0.15, -0.1) is 0 Å². The maximum atomic E-state index is 11.2. The third-order valence-corrected chi connectivity index (χ3v) is 0.651. The van der Waals surface area contributed by atoms with Crippen molar-refractivity contribution in [1.82, 2.24) is 0 Å². The zero-order valence-corrected chi connectivity index (χ0v) is 4.74. The molecule has 0 spiro atoms. The lowest BCUT2D eigenvalue weighted by Gasteiger charge is -1.87. The van der Waals surface area contributed by atoms with E-state index >= 15 is 0 Å². The van der Waals surface area contributed by atoms with Crippen LogP contribution in [0.2, 0.25) is 0 Å². The van der Waals surface area contributed by atoms with Gasteiger partial charge in [0.15, 0.2) is 0 Å². The highest BCUT2D eigenvalue weighted by Crippen LogP contribution is 1.91. The van der Waals surface area contributed by atoms with Crippen LogP contribution < -0.4 is 0 Å². The van der Waals surface area contributed by atoms with Gasteiger partial charge in [0.05, 0.1) is 0 Å². The van der Waals surface area contributed by atoms with Crippen molar-refractivity contribution in [1.29, 1.82) is 0 Å². The maximum Gasteiger partial charge on any atom is 0.491 e. The fourth-order valence-corrected chi connectivity index (χ4v) is 0.421. The van der Waals surface area contributed by atoms with Gasteiger partial charge < -0.3 is 4.18 Å². The van der Waals surface area contributed by atoms with Crippen LogP contribution in [0.15, 0.2) is 0 Å². The molecule has 0 bridgehead atoms. The second-order valence-electron chi connectivity index (χ2n) is 0.968. The summed E-state index contributed by atoms with van der Waals surface area (Å²) in [4.78, 5) is 9.62. The third-order valence-electron chi connectivity index (χ3n) is 0.217. The highest BCUT2D eigenvalue weighted by Gasteiger charge is 2.09. The molecule has 0 aromatic rings. The van der Waals surface area contributed by atoms with E-state index in [-0.39, 0.29) is 0 Å². The summed E-state index contributed by atoms with van der Waals surface area (Å²) >= 11 is 0. The largest absolute Gasteiger partial charge is 0.491 e. The van der Waals surface area contributed by atoms with E-state index in [9.17, 15) is 17.1 Å². The summed E-state index contributed by atoms with van der Waals surface area (Å²) in [6, 6.07) is 0. The van der Waals surface area contributed by atoms with E-state index in [1.165, 1.54) is 0 Å². The zero-order valence-electron chi connectivity index (χ0n) is 3.92. The van der Waals surface area contributed by atoms with Gasteiger partial charge in [-0.2, -0.15) is 8.42 Å². The van der Waals surface area contributed by atoms with E-state index in [1.807, 2.05) is 0 Å². The van der Waals surface area contributed by atoms with Gasteiger partial charge in [0.1, 0.15) is 0 Å². The number of hydrogen-bond acceptors (Lipinski definition) is 4. The van der Waals surface area contributed by atoms with Crippen molar-refractivity contribution in [3.8, 4) is 0 Å². The van der Waals surface area contributed by atoms with E-state index in [0.29, 0.717) is 0 Å². The molecule has 0 heterocycles. The fraction of sp³-hybridized carbons (Fsp3) is 0.500. The van der Waals surface area contributed by atoms with Crippen molar-refractivity contribution in [2.45, 2.75) is 6.92 Å². The minimum atomic E-state index is -5.07. The average Bonchev–Trinajstić information content (AvgIpc) is 1.21. The van der Waals surface area contributed by atoms with Gasteiger partial charge >= 0.3 is 16.5 Å². The van der Waals surface area contributed by atoms with Crippen LogP contribution in [0.1, 0.15) is 6.92 Å². The van der Waals surface area contributed by atoms with Gasteiger partial charge in [-0.1, -0.05) is 3.89 Å². The molecule has 0 aliphatic heterocycles. The molecule has 4 nitrogen and oxygen atoms in total. The average molecular weight is 142 g/mol. The van der Waals surface area contributed by atoms with Gasteiger partial charge in [-0.3, -0.25) is 4.79 Å². The number of hydrogen-bond donors (Lipinski definition) is 0. The first-order valence-electron chi connectivity index (χ1n) is 1.56. The number of carbonyl (C=O) groups excluding carboxylic acids is 1. The van der Waals surface area contributed by atoms with Crippen molar-refractivity contribution in [3.63, 3.8) is 0 Å². The molecular weight excluding hydrogens is 139 g/mol. The molecule has 0 aliphatic rings. The lowest BCUT2D eigenvalue weighted by molar-refractivity contribution is -0.131. The Morgan fingerprint density at radius 2 is 2.00 bits per heavy atom. The lowest BCUT2D eigenvalue weighted by atomic mass is 10.9. The van der Waals surface area contributed by atoms with E-state index in [0.717, 1.165) is 6.92 Å². The van der Waals surface area contributed by atoms with Gasteiger partial charge in [0.25, 0.3) is 0 Å². The summed E-state index contributed by atoms with van der Waals surface area (Å²) in [5.41, 5.74) is 0. The van der Waals surface area contributed by atoms with Gasteiger partial charge in [0.2, 0.25) is 0 Å². The van der Waals surface area contributed by atoms with E-state index in [2.05, 4.69) is 4.18 Å². The summed E-state index contributed by atoms with van der Waals surface area (Å²) < 4.78 is 32.9. The molecule has 0 N–H and O–H groups in total. The Kier molecular flexibility index (Phi) is 1.91. The smallest absolute Gasteiger partial charge is 0.322 e. The molecule has 0 amide bonds. The molecule has 0 aromatic heterocycles. The number of carbonyl (C=O) groups is 1. The van der Waals surface area contributed by atoms with Crippen LogP contribution in [-0.2, 0) is 19.5 Å². The number of rotatable bonds is 1. The molecule has 8 heavy (non-hydrogen) atoms. The predicted octanol–water partition coefficient (Wildman–Crippen LogP) is -0.236. The summed E-state index contributed by atoms with van der Waals surface area (Å²) in [6.07, 6.45) is 0. The van der Waals surface area contributed by atoms with Crippen molar-refractivity contribution < 1.29 is 21.3 Å². The Labute approximate surface area is 45.7 Å². The second-order valence-corrected chi connectivity index (χ2v) is 1.92. The molecule has 0 saturated carbocycles. The highest BCUT2D eigenvalue weighted by atomic mass is 32.3. The Hall–Kier alpha value is -0.650. The second kappa shape index (κ2) is 2.08. The summed E-state index contributed by atoms with van der Waals surface area (Å²) in [6.45, 7) is 0.789. The van der Waals surface area contributed by atoms with Crippen LogP contribution in [0.25, 0.3) is 0 Å². The maximum absolute atomic E-state index is 11.2. The normalized spacial score (nSPS) is 10.8. The van der Waals surface area contributed by atoms with Crippen LogP contribution >= 0.6 is 0 Å². The Morgan fingerprint density at radius 1 is 1.62 bits per heavy atom. The Morgan fingerprint density at radius 3 is 2.00 bits per heavy atom. The summed E-state index contributed by atoms with van der Waals surface area (Å²) in [5, 5.41) is 0. The molecule has 48 valence electrons. The predicted molar refractivity (Wildman–Crippen MR) is 21.8 cm³/mol. The minimum Gasteiger partial charge on any atom is -0.322 e. The monoisotopic (exact) mass is 142 g/mol. The first-order chi connectivity index (χ1) is 3.42. The molecule has 6 heteroatoms. The quantitative estimate of drug-likeness (QED) is 0.474. The van der Waals surface area contributed by atoms with Crippen LogP contribution in [-0.4, -0.2) is 14.4 Å². The summed E-state index contributed by atoms with van der Waals surface area (Å²) in [5.74, 6) is -1.19. The van der Waals surface area contributed by atoms with Crippen LogP contribution in [0.3, 0.4) is 0 Å². The molecule has 0 unspecified atom stereocenters. The third kappa shape index (κ3) is 5.35. The lowest BCUT2D eigenvalue weighted by Crippen LogP contribution is -2.02. The van der Waals surface area contributed by atoms with Crippen molar-refractivity contribution >= 4 is 16.5 Å². The molecule has 0 rings (SSSR count).